The van der Waals surface area contributed by atoms with Crippen LogP contribution in [0.25, 0.3) is 10.9 Å². The fraction of sp³-hybridized carbons (Fsp3) is 0.368. The van der Waals surface area contributed by atoms with E-state index in [1.54, 1.807) is 11.0 Å². The topological polar surface area (TPSA) is 51.5 Å². The van der Waals surface area contributed by atoms with Gasteiger partial charge in [0.1, 0.15) is 5.60 Å². The number of fused-ring (bicyclic) bond motifs is 1. The molecule has 0 saturated heterocycles. The number of rotatable bonds is 5. The third kappa shape index (κ3) is 3.67. The number of ether oxygens (including phenoxy) is 1. The van der Waals surface area contributed by atoms with E-state index in [1.165, 1.54) is 0 Å². The van der Waals surface area contributed by atoms with Crippen LogP contribution in [0.3, 0.4) is 0 Å². The summed E-state index contributed by atoms with van der Waals surface area (Å²) in [5, 5.41) is 0.958. The first kappa shape index (κ1) is 17.8. The highest BCUT2D eigenvalue weighted by molar-refractivity contribution is 5.93. The number of nitrogens with zero attached hydrogens (tertiary/aromatic N) is 2. The largest absolute Gasteiger partial charge is 0.444 e. The van der Waals surface area contributed by atoms with Crippen molar-refractivity contribution >= 4 is 23.3 Å². The van der Waals surface area contributed by atoms with Crippen LogP contribution >= 0.6 is 0 Å². The second-order valence-corrected chi connectivity index (χ2v) is 6.71. The predicted molar refractivity (Wildman–Crippen MR) is 95.1 cm³/mol. The molecule has 0 spiro atoms. The number of aldehydes is 1. The summed E-state index contributed by atoms with van der Waals surface area (Å²) < 4.78 is 7.31. The molecule has 2 rings (SSSR count). The van der Waals surface area contributed by atoms with Crippen molar-refractivity contribution in [3.8, 4) is 0 Å². The second-order valence-electron chi connectivity index (χ2n) is 6.71. The Bertz CT molecular complexity index is 769. The van der Waals surface area contributed by atoms with Crippen LogP contribution in [0.1, 0.15) is 36.8 Å². The number of carbonyl (C=O) groups is 2. The van der Waals surface area contributed by atoms with Gasteiger partial charge in [0.2, 0.25) is 0 Å². The molecule has 0 fully saturated rings. The Labute approximate surface area is 142 Å². The van der Waals surface area contributed by atoms with Crippen molar-refractivity contribution in [1.82, 2.24) is 9.47 Å². The van der Waals surface area contributed by atoms with Crippen molar-refractivity contribution in [2.24, 2.45) is 7.05 Å². The van der Waals surface area contributed by atoms with Crippen LogP contribution < -0.4 is 0 Å². The zero-order valence-electron chi connectivity index (χ0n) is 14.7. The van der Waals surface area contributed by atoms with Crippen molar-refractivity contribution in [2.45, 2.75) is 32.9 Å². The molecule has 0 atom stereocenters. The van der Waals surface area contributed by atoms with E-state index in [2.05, 4.69) is 6.58 Å². The van der Waals surface area contributed by atoms with E-state index in [1.807, 2.05) is 56.7 Å². The van der Waals surface area contributed by atoms with E-state index in [4.69, 9.17) is 4.74 Å². The van der Waals surface area contributed by atoms with Gasteiger partial charge >= 0.3 is 6.09 Å². The lowest BCUT2D eigenvalue weighted by atomic mass is 10.1. The number of carbonyl (C=O) groups excluding carboxylic acids is 2. The van der Waals surface area contributed by atoms with Gasteiger partial charge in [-0.2, -0.15) is 0 Å². The summed E-state index contributed by atoms with van der Waals surface area (Å²) in [4.78, 5) is 25.6. The quantitative estimate of drug-likeness (QED) is 0.617. The first-order valence-corrected chi connectivity index (χ1v) is 7.88. The van der Waals surface area contributed by atoms with E-state index in [0.717, 1.165) is 22.8 Å². The molecule has 0 N–H and O–H groups in total. The lowest BCUT2D eigenvalue weighted by Gasteiger charge is -2.26. The molecule has 1 heterocycles. The Morgan fingerprint density at radius 2 is 2.00 bits per heavy atom. The molecule has 24 heavy (non-hydrogen) atoms. The van der Waals surface area contributed by atoms with Crippen LogP contribution in [0.4, 0.5) is 4.79 Å². The standard InChI is InChI=1S/C19H24N2O3/c1-6-11-21(18(23)24-19(2,3)4)12-15-14-9-7-8-10-16(14)20(5)17(15)13-22/h6-10,13H,1,11-12H2,2-5H3. The number of hydrogen-bond donors (Lipinski definition) is 0. The molecule has 2 aromatic rings. The van der Waals surface area contributed by atoms with Crippen molar-refractivity contribution in [1.29, 1.82) is 0 Å². The summed E-state index contributed by atoms with van der Waals surface area (Å²) in [6, 6.07) is 7.76. The van der Waals surface area contributed by atoms with Gasteiger partial charge in [-0.05, 0) is 26.8 Å². The summed E-state index contributed by atoms with van der Waals surface area (Å²) in [6.07, 6.45) is 2.05. The van der Waals surface area contributed by atoms with Crippen LogP contribution in [0.5, 0.6) is 0 Å². The smallest absolute Gasteiger partial charge is 0.410 e. The predicted octanol–water partition coefficient (Wildman–Crippen LogP) is 3.91. The molecule has 0 saturated carbocycles. The van der Waals surface area contributed by atoms with Gasteiger partial charge in [0, 0.05) is 30.1 Å². The number of aromatic nitrogens is 1. The van der Waals surface area contributed by atoms with Crippen molar-refractivity contribution in [2.75, 3.05) is 6.54 Å². The zero-order valence-corrected chi connectivity index (χ0v) is 14.7. The summed E-state index contributed by atoms with van der Waals surface area (Å²) in [5.74, 6) is 0. The fourth-order valence-electron chi connectivity index (χ4n) is 2.68. The maximum absolute atomic E-state index is 12.5. The summed E-state index contributed by atoms with van der Waals surface area (Å²) in [6.45, 7) is 9.81. The molecule has 0 aliphatic rings. The highest BCUT2D eigenvalue weighted by atomic mass is 16.6. The maximum atomic E-state index is 12.5. The first-order chi connectivity index (χ1) is 11.3. The highest BCUT2D eigenvalue weighted by Crippen LogP contribution is 2.26. The van der Waals surface area contributed by atoms with E-state index < -0.39 is 11.7 Å². The summed E-state index contributed by atoms with van der Waals surface area (Å²) in [5.41, 5.74) is 1.75. The molecule has 0 aliphatic heterocycles. The minimum Gasteiger partial charge on any atom is -0.444 e. The van der Waals surface area contributed by atoms with Crippen LogP contribution in [0.15, 0.2) is 36.9 Å². The molecule has 0 radical (unpaired) electrons. The molecule has 5 heteroatoms. The molecule has 0 bridgehead atoms. The second kappa shape index (κ2) is 6.91. The van der Waals surface area contributed by atoms with Gasteiger partial charge in [-0.15, -0.1) is 6.58 Å². The first-order valence-electron chi connectivity index (χ1n) is 7.88. The monoisotopic (exact) mass is 328 g/mol. The highest BCUT2D eigenvalue weighted by Gasteiger charge is 2.24. The van der Waals surface area contributed by atoms with E-state index in [0.29, 0.717) is 12.2 Å². The van der Waals surface area contributed by atoms with Gasteiger partial charge in [0.25, 0.3) is 0 Å². The Morgan fingerprint density at radius 3 is 2.58 bits per heavy atom. The third-order valence-corrected chi connectivity index (χ3v) is 3.72. The van der Waals surface area contributed by atoms with Crippen LogP contribution in [-0.2, 0) is 18.3 Å². The van der Waals surface area contributed by atoms with E-state index >= 15 is 0 Å². The molecular weight excluding hydrogens is 304 g/mol. The average molecular weight is 328 g/mol. The van der Waals surface area contributed by atoms with Gasteiger partial charge < -0.3 is 14.2 Å². The van der Waals surface area contributed by atoms with Crippen molar-refractivity contribution < 1.29 is 14.3 Å². The normalized spacial score (nSPS) is 11.3. The van der Waals surface area contributed by atoms with Gasteiger partial charge in [0.15, 0.2) is 6.29 Å². The molecule has 1 aromatic heterocycles. The fourth-order valence-corrected chi connectivity index (χ4v) is 2.68. The van der Waals surface area contributed by atoms with E-state index in [-0.39, 0.29) is 6.54 Å². The summed E-state index contributed by atoms with van der Waals surface area (Å²) in [7, 11) is 1.85. The number of hydrogen-bond acceptors (Lipinski definition) is 3. The Balaban J connectivity index is 2.43. The lowest BCUT2D eigenvalue weighted by molar-refractivity contribution is 0.0257. The Hall–Kier alpha value is -2.56. The number of para-hydroxylation sites is 1. The maximum Gasteiger partial charge on any atom is 0.410 e. The van der Waals surface area contributed by atoms with Gasteiger partial charge in [-0.25, -0.2) is 4.79 Å². The number of aryl methyl sites for hydroxylation is 1. The Morgan fingerprint density at radius 1 is 1.33 bits per heavy atom. The van der Waals surface area contributed by atoms with Crippen LogP contribution in [0.2, 0.25) is 0 Å². The molecule has 0 unspecified atom stereocenters. The van der Waals surface area contributed by atoms with Crippen molar-refractivity contribution in [3.05, 3.63) is 48.2 Å². The third-order valence-electron chi connectivity index (χ3n) is 3.72. The van der Waals surface area contributed by atoms with E-state index in [9.17, 15) is 9.59 Å². The van der Waals surface area contributed by atoms with Crippen molar-refractivity contribution in [3.63, 3.8) is 0 Å². The minimum absolute atomic E-state index is 0.288. The van der Waals surface area contributed by atoms with Crippen LogP contribution in [-0.4, -0.2) is 34.0 Å². The van der Waals surface area contributed by atoms with Gasteiger partial charge in [-0.1, -0.05) is 24.3 Å². The van der Waals surface area contributed by atoms with Crippen LogP contribution in [0, 0.1) is 0 Å². The zero-order chi connectivity index (χ0) is 17.9. The minimum atomic E-state index is -0.581. The Kier molecular flexibility index (Phi) is 5.12. The lowest BCUT2D eigenvalue weighted by Crippen LogP contribution is -2.36. The SMILES string of the molecule is C=CCN(Cc1c(C=O)n(C)c2ccccc12)C(=O)OC(C)(C)C. The van der Waals surface area contributed by atoms with Gasteiger partial charge in [-0.3, -0.25) is 4.79 Å². The molecule has 1 aromatic carbocycles. The number of benzene rings is 1. The average Bonchev–Trinajstić information content (AvgIpc) is 2.77. The molecule has 128 valence electrons. The molecule has 0 aliphatic carbocycles. The molecule has 5 nitrogen and oxygen atoms in total. The molecular formula is C19H24N2O3. The summed E-state index contributed by atoms with van der Waals surface area (Å²) >= 11 is 0. The van der Waals surface area contributed by atoms with Gasteiger partial charge in [0.05, 0.1) is 12.2 Å². The number of amides is 1. The molecule has 1 amide bonds.